The van der Waals surface area contributed by atoms with E-state index in [4.69, 9.17) is 11.6 Å². The summed E-state index contributed by atoms with van der Waals surface area (Å²) >= 11 is 7.57. The molecule has 0 saturated carbocycles. The molecule has 0 fully saturated rings. The number of pyridine rings is 1. The zero-order valence-corrected chi connectivity index (χ0v) is 12.9. The van der Waals surface area contributed by atoms with Gasteiger partial charge in [-0.25, -0.2) is 9.97 Å². The molecule has 3 heterocycles. The molecule has 0 unspecified atom stereocenters. The summed E-state index contributed by atoms with van der Waals surface area (Å²) in [4.78, 5) is 15.0. The van der Waals surface area contributed by atoms with E-state index in [1.54, 1.807) is 29.8 Å². The lowest BCUT2D eigenvalue weighted by Crippen LogP contribution is -2.07. The lowest BCUT2D eigenvalue weighted by Gasteiger charge is -2.11. The third-order valence-corrected chi connectivity index (χ3v) is 4.44. The molecule has 21 heavy (non-hydrogen) atoms. The highest BCUT2D eigenvalue weighted by molar-refractivity contribution is 7.15. The zero-order valence-electron chi connectivity index (χ0n) is 11.3. The second-order valence-electron chi connectivity index (χ2n) is 4.49. The average Bonchev–Trinajstić information content (AvgIpc) is 2.98. The molecule has 0 spiro atoms. The van der Waals surface area contributed by atoms with Crippen LogP contribution in [0.15, 0.2) is 48.8 Å². The van der Waals surface area contributed by atoms with Gasteiger partial charge in [0.1, 0.15) is 5.15 Å². The Bertz CT molecular complexity index is 729. The number of nitrogens with one attached hydrogen (secondary N) is 1. The maximum absolute atomic E-state index is 5.86. The van der Waals surface area contributed by atoms with Crippen molar-refractivity contribution in [3.8, 4) is 10.6 Å². The fourth-order valence-electron chi connectivity index (χ4n) is 1.90. The van der Waals surface area contributed by atoms with Gasteiger partial charge >= 0.3 is 0 Å². The van der Waals surface area contributed by atoms with Crippen LogP contribution in [0.3, 0.4) is 0 Å². The number of thiophene rings is 1. The molecule has 0 radical (unpaired) electrons. The second-order valence-corrected chi connectivity index (χ2v) is 5.99. The van der Waals surface area contributed by atoms with E-state index in [1.807, 2.05) is 18.2 Å². The molecule has 0 aliphatic rings. The first kappa shape index (κ1) is 14.0. The first-order chi connectivity index (χ1) is 10.2. The van der Waals surface area contributed by atoms with Crippen LogP contribution in [0.5, 0.6) is 0 Å². The van der Waals surface area contributed by atoms with Crippen molar-refractivity contribution in [1.82, 2.24) is 15.0 Å². The highest BCUT2D eigenvalue weighted by Crippen LogP contribution is 2.31. The van der Waals surface area contributed by atoms with Crippen molar-refractivity contribution >= 4 is 28.9 Å². The fraction of sp³-hybridized carbons (Fsp3) is 0.133. The molecule has 4 nitrogen and oxygen atoms in total. The molecule has 3 aromatic rings. The standard InChI is InChI=1S/C15H13ClN4S/c1-10(19-15-18-9-7-14(16)20-15)12-5-6-13(21-12)11-4-2-3-8-17-11/h2-10H,1H3,(H,18,19,20)/t10-/m0/s1. The topological polar surface area (TPSA) is 50.7 Å². The Kier molecular flexibility index (Phi) is 4.13. The molecule has 3 aromatic heterocycles. The molecule has 1 N–H and O–H groups in total. The molecule has 106 valence electrons. The minimum absolute atomic E-state index is 0.103. The Morgan fingerprint density at radius 3 is 2.76 bits per heavy atom. The summed E-state index contributed by atoms with van der Waals surface area (Å²) in [5, 5.41) is 3.68. The molecule has 0 bridgehead atoms. The molecule has 6 heteroatoms. The predicted molar refractivity (Wildman–Crippen MR) is 86.6 cm³/mol. The first-order valence-corrected chi connectivity index (χ1v) is 7.68. The fourth-order valence-corrected chi connectivity index (χ4v) is 3.03. The molecule has 0 amide bonds. The number of halogens is 1. The number of rotatable bonds is 4. The molecule has 0 aliphatic heterocycles. The van der Waals surface area contributed by atoms with Crippen LogP contribution in [0.25, 0.3) is 10.6 Å². The van der Waals surface area contributed by atoms with Crippen molar-refractivity contribution in [1.29, 1.82) is 0 Å². The SMILES string of the molecule is C[C@H](Nc1nccc(Cl)n1)c1ccc(-c2ccccn2)s1. The summed E-state index contributed by atoms with van der Waals surface area (Å²) in [5.74, 6) is 0.530. The van der Waals surface area contributed by atoms with Gasteiger partial charge in [-0.1, -0.05) is 17.7 Å². The van der Waals surface area contributed by atoms with Gasteiger partial charge in [-0.15, -0.1) is 11.3 Å². The highest BCUT2D eigenvalue weighted by atomic mass is 35.5. The smallest absolute Gasteiger partial charge is 0.224 e. The van der Waals surface area contributed by atoms with Crippen LogP contribution in [0.4, 0.5) is 5.95 Å². The Labute approximate surface area is 131 Å². The van der Waals surface area contributed by atoms with Crippen LogP contribution in [0.1, 0.15) is 17.8 Å². The van der Waals surface area contributed by atoms with Gasteiger partial charge in [0.15, 0.2) is 0 Å². The van der Waals surface area contributed by atoms with Crippen molar-refractivity contribution < 1.29 is 0 Å². The van der Waals surface area contributed by atoms with Gasteiger partial charge in [-0.3, -0.25) is 4.98 Å². The summed E-state index contributed by atoms with van der Waals surface area (Å²) < 4.78 is 0. The molecule has 0 aliphatic carbocycles. The van der Waals surface area contributed by atoms with E-state index in [0.717, 1.165) is 10.6 Å². The van der Waals surface area contributed by atoms with Gasteiger partial charge in [0.05, 0.1) is 16.6 Å². The predicted octanol–water partition coefficient (Wildman–Crippen LogP) is 4.43. The van der Waals surface area contributed by atoms with E-state index >= 15 is 0 Å². The minimum atomic E-state index is 0.103. The van der Waals surface area contributed by atoms with Crippen LogP contribution >= 0.6 is 22.9 Å². The third kappa shape index (κ3) is 3.37. The van der Waals surface area contributed by atoms with Crippen molar-refractivity contribution in [2.24, 2.45) is 0 Å². The summed E-state index contributed by atoms with van der Waals surface area (Å²) in [7, 11) is 0. The second kappa shape index (κ2) is 6.20. The quantitative estimate of drug-likeness (QED) is 0.724. The Hall–Kier alpha value is -1.98. The number of hydrogen-bond acceptors (Lipinski definition) is 5. The Balaban J connectivity index is 1.77. The van der Waals surface area contributed by atoms with Crippen LogP contribution in [-0.2, 0) is 0 Å². The van der Waals surface area contributed by atoms with E-state index in [-0.39, 0.29) is 6.04 Å². The molecular formula is C15H13ClN4S. The lowest BCUT2D eigenvalue weighted by atomic mass is 10.2. The maximum atomic E-state index is 5.86. The maximum Gasteiger partial charge on any atom is 0.224 e. The molecule has 0 saturated heterocycles. The van der Waals surface area contributed by atoms with Crippen LogP contribution in [0.2, 0.25) is 5.15 Å². The minimum Gasteiger partial charge on any atom is -0.347 e. The number of nitrogens with zero attached hydrogens (tertiary/aromatic N) is 3. The highest BCUT2D eigenvalue weighted by Gasteiger charge is 2.11. The van der Waals surface area contributed by atoms with Crippen molar-refractivity contribution in [2.45, 2.75) is 13.0 Å². The number of anilines is 1. The van der Waals surface area contributed by atoms with E-state index in [0.29, 0.717) is 11.1 Å². The average molecular weight is 317 g/mol. The Morgan fingerprint density at radius 2 is 2.00 bits per heavy atom. The molecule has 1 atom stereocenters. The summed E-state index contributed by atoms with van der Waals surface area (Å²) in [6.07, 6.45) is 3.44. The monoisotopic (exact) mass is 316 g/mol. The zero-order chi connectivity index (χ0) is 14.7. The van der Waals surface area contributed by atoms with E-state index in [1.165, 1.54) is 4.88 Å². The third-order valence-electron chi connectivity index (χ3n) is 2.94. The van der Waals surface area contributed by atoms with Gasteiger partial charge in [-0.2, -0.15) is 0 Å². The van der Waals surface area contributed by atoms with Gasteiger partial charge in [0.25, 0.3) is 0 Å². The summed E-state index contributed by atoms with van der Waals surface area (Å²) in [6.45, 7) is 2.07. The van der Waals surface area contributed by atoms with Gasteiger partial charge in [0, 0.05) is 17.3 Å². The van der Waals surface area contributed by atoms with Crippen molar-refractivity contribution in [3.05, 3.63) is 58.8 Å². The Morgan fingerprint density at radius 1 is 1.10 bits per heavy atom. The molecular weight excluding hydrogens is 304 g/mol. The molecule has 3 rings (SSSR count). The summed E-state index contributed by atoms with van der Waals surface area (Å²) in [6, 6.07) is 11.8. The first-order valence-electron chi connectivity index (χ1n) is 6.48. The summed E-state index contributed by atoms with van der Waals surface area (Å²) in [5.41, 5.74) is 0.986. The normalized spacial score (nSPS) is 12.1. The van der Waals surface area contributed by atoms with Gasteiger partial charge < -0.3 is 5.32 Å². The van der Waals surface area contributed by atoms with E-state index in [2.05, 4.69) is 39.3 Å². The number of hydrogen-bond donors (Lipinski definition) is 1. The van der Waals surface area contributed by atoms with E-state index < -0.39 is 0 Å². The van der Waals surface area contributed by atoms with Crippen LogP contribution in [0, 0.1) is 0 Å². The van der Waals surface area contributed by atoms with Gasteiger partial charge in [0.2, 0.25) is 5.95 Å². The van der Waals surface area contributed by atoms with E-state index in [9.17, 15) is 0 Å². The van der Waals surface area contributed by atoms with Crippen LogP contribution in [-0.4, -0.2) is 15.0 Å². The number of aromatic nitrogens is 3. The van der Waals surface area contributed by atoms with Crippen molar-refractivity contribution in [2.75, 3.05) is 5.32 Å². The van der Waals surface area contributed by atoms with Crippen LogP contribution < -0.4 is 5.32 Å². The largest absolute Gasteiger partial charge is 0.347 e. The molecule has 0 aromatic carbocycles. The lowest BCUT2D eigenvalue weighted by molar-refractivity contribution is 0.880. The van der Waals surface area contributed by atoms with Gasteiger partial charge in [-0.05, 0) is 37.3 Å². The van der Waals surface area contributed by atoms with Crippen molar-refractivity contribution in [3.63, 3.8) is 0 Å².